The Hall–Kier alpha value is -2.57. The van der Waals surface area contributed by atoms with Crippen LogP contribution in [0.2, 0.25) is 0 Å². The first kappa shape index (κ1) is 31.4. The quantitative estimate of drug-likeness (QED) is 0.326. The van der Waals surface area contributed by atoms with Gasteiger partial charge in [0, 0.05) is 18.1 Å². The largest absolute Gasteiger partial charge is 0.352 e. The van der Waals surface area contributed by atoms with Crippen molar-refractivity contribution < 1.29 is 14.4 Å². The average Bonchev–Trinajstić information content (AvgIpc) is 3.34. The van der Waals surface area contributed by atoms with E-state index in [0.717, 1.165) is 44.9 Å². The van der Waals surface area contributed by atoms with Crippen LogP contribution in [0.1, 0.15) is 111 Å². The number of benzene rings is 1. The van der Waals surface area contributed by atoms with Crippen molar-refractivity contribution in [3.8, 4) is 0 Å². The van der Waals surface area contributed by atoms with Gasteiger partial charge in [-0.15, -0.1) is 0 Å². The highest BCUT2D eigenvalue weighted by molar-refractivity contribution is 5.93. The summed E-state index contributed by atoms with van der Waals surface area (Å²) in [7, 11) is 0. The lowest BCUT2D eigenvalue weighted by Crippen LogP contribution is -2.62. The number of nitrogens with one attached hydrogen (secondary N) is 3. The Kier molecular flexibility index (Phi) is 10.4. The summed E-state index contributed by atoms with van der Waals surface area (Å²) >= 11 is 0. The van der Waals surface area contributed by atoms with Crippen LogP contribution in [0.15, 0.2) is 30.3 Å². The van der Waals surface area contributed by atoms with Crippen molar-refractivity contribution in [2.45, 2.75) is 135 Å². The molecule has 3 fully saturated rings. The first-order valence-electron chi connectivity index (χ1n) is 16.2. The summed E-state index contributed by atoms with van der Waals surface area (Å²) in [6.45, 7) is 10.7. The maximum absolute atomic E-state index is 14.2. The molecule has 3 N–H and O–H groups in total. The molecule has 4 amide bonds. The van der Waals surface area contributed by atoms with Gasteiger partial charge in [0.25, 0.3) is 0 Å². The zero-order chi connectivity index (χ0) is 29.6. The number of urea groups is 1. The number of hydrogen-bond donors (Lipinski definition) is 3. The second-order valence-corrected chi connectivity index (χ2v) is 14.4. The van der Waals surface area contributed by atoms with Gasteiger partial charge < -0.3 is 20.9 Å². The van der Waals surface area contributed by atoms with E-state index < -0.39 is 17.5 Å². The van der Waals surface area contributed by atoms with E-state index in [4.69, 9.17) is 0 Å². The Bertz CT molecular complexity index is 1030. The molecule has 4 rings (SSSR count). The van der Waals surface area contributed by atoms with Gasteiger partial charge in [-0.2, -0.15) is 0 Å². The molecule has 1 saturated heterocycles. The predicted octanol–water partition coefficient (Wildman–Crippen LogP) is 5.97. The fraction of sp³-hybridized carbons (Fsp3) is 0.735. The predicted molar refractivity (Wildman–Crippen MR) is 164 cm³/mol. The van der Waals surface area contributed by atoms with Crippen LogP contribution in [0.25, 0.3) is 0 Å². The first-order valence-corrected chi connectivity index (χ1v) is 16.2. The second-order valence-electron chi connectivity index (χ2n) is 14.4. The summed E-state index contributed by atoms with van der Waals surface area (Å²) in [6.07, 6.45) is 12.4. The summed E-state index contributed by atoms with van der Waals surface area (Å²) in [5, 5.41) is 9.65. The van der Waals surface area contributed by atoms with Crippen LogP contribution in [-0.2, 0) is 16.0 Å². The lowest BCUT2D eigenvalue weighted by Gasteiger charge is -2.40. The fourth-order valence-electron chi connectivity index (χ4n) is 7.12. The van der Waals surface area contributed by atoms with Crippen LogP contribution in [-0.4, -0.2) is 53.0 Å². The Morgan fingerprint density at radius 2 is 1.66 bits per heavy atom. The lowest BCUT2D eigenvalue weighted by molar-refractivity contribution is -0.142. The van der Waals surface area contributed by atoms with E-state index in [1.54, 1.807) is 4.90 Å². The van der Waals surface area contributed by atoms with Crippen LogP contribution in [0, 0.1) is 17.3 Å². The number of carbonyl (C=O) groups is 3. The Morgan fingerprint density at radius 3 is 2.24 bits per heavy atom. The number of carbonyl (C=O) groups excluding carboxylic acids is 3. The molecule has 1 aromatic rings. The Morgan fingerprint density at radius 1 is 0.976 bits per heavy atom. The van der Waals surface area contributed by atoms with E-state index in [9.17, 15) is 14.4 Å². The van der Waals surface area contributed by atoms with Crippen molar-refractivity contribution in [3.05, 3.63) is 35.9 Å². The molecule has 0 bridgehead atoms. The average molecular weight is 567 g/mol. The number of hydrogen-bond acceptors (Lipinski definition) is 3. The standard InChI is InChI=1S/C34H54N4O3/c1-6-25-21-28(30(39)35-24(2)20-26-16-13-17-26)38(23-25)31(40)29(33(3,4)5)36-32(41)37-34(18-11-8-12-19-34)22-27-14-9-7-10-15-27/h7,9-10,14-15,24-26,28-29H,6,8,11-13,16-23H2,1-5H3,(H,35,39)(H2,36,37,41)/t24?,25-,28+,29?/m1/s1. The second kappa shape index (κ2) is 13.6. The van der Waals surface area contributed by atoms with Crippen molar-refractivity contribution in [3.63, 3.8) is 0 Å². The minimum Gasteiger partial charge on any atom is -0.352 e. The third-order valence-corrected chi connectivity index (χ3v) is 9.81. The Labute approximate surface area is 248 Å². The maximum atomic E-state index is 14.2. The normalized spacial score (nSPS) is 24.2. The molecule has 0 aromatic heterocycles. The fourth-order valence-corrected chi connectivity index (χ4v) is 7.12. The first-order chi connectivity index (χ1) is 19.5. The van der Waals surface area contributed by atoms with E-state index in [1.807, 2.05) is 39.0 Å². The zero-order valence-corrected chi connectivity index (χ0v) is 26.1. The van der Waals surface area contributed by atoms with Crippen LogP contribution in [0.3, 0.4) is 0 Å². The minimum atomic E-state index is -0.738. The molecule has 4 atom stereocenters. The van der Waals surface area contributed by atoms with Crippen LogP contribution < -0.4 is 16.0 Å². The highest BCUT2D eigenvalue weighted by Crippen LogP contribution is 2.34. The van der Waals surface area contributed by atoms with Crippen LogP contribution >= 0.6 is 0 Å². The van der Waals surface area contributed by atoms with Gasteiger partial charge >= 0.3 is 6.03 Å². The third kappa shape index (κ3) is 8.26. The molecule has 41 heavy (non-hydrogen) atoms. The van der Waals surface area contributed by atoms with Crippen LogP contribution in [0.5, 0.6) is 0 Å². The van der Waals surface area contributed by atoms with Crippen molar-refractivity contribution in [2.75, 3.05) is 6.54 Å². The van der Waals surface area contributed by atoms with Crippen molar-refractivity contribution in [2.24, 2.45) is 17.3 Å². The number of likely N-dealkylation sites (tertiary alicyclic amines) is 1. The number of rotatable bonds is 10. The zero-order valence-electron chi connectivity index (χ0n) is 26.1. The van der Waals surface area contributed by atoms with Gasteiger partial charge in [-0.1, -0.05) is 103 Å². The van der Waals surface area contributed by atoms with Gasteiger partial charge in [-0.05, 0) is 61.8 Å². The van der Waals surface area contributed by atoms with E-state index in [-0.39, 0.29) is 35.3 Å². The summed E-state index contributed by atoms with van der Waals surface area (Å²) in [5.74, 6) is 0.776. The molecule has 1 heterocycles. The van der Waals surface area contributed by atoms with E-state index >= 15 is 0 Å². The topological polar surface area (TPSA) is 90.5 Å². The molecule has 3 aliphatic rings. The van der Waals surface area contributed by atoms with Gasteiger partial charge in [-0.3, -0.25) is 9.59 Å². The number of nitrogens with zero attached hydrogens (tertiary/aromatic N) is 1. The highest BCUT2D eigenvalue weighted by Gasteiger charge is 2.45. The van der Waals surface area contributed by atoms with Gasteiger partial charge in [0.1, 0.15) is 12.1 Å². The maximum Gasteiger partial charge on any atom is 0.315 e. The molecule has 228 valence electrons. The van der Waals surface area contributed by atoms with Gasteiger partial charge in [-0.25, -0.2) is 4.79 Å². The van der Waals surface area contributed by atoms with Gasteiger partial charge in [0.2, 0.25) is 11.8 Å². The molecule has 7 nitrogen and oxygen atoms in total. The molecule has 2 saturated carbocycles. The third-order valence-electron chi connectivity index (χ3n) is 9.81. The molecule has 2 unspecified atom stereocenters. The number of amides is 4. The summed E-state index contributed by atoms with van der Waals surface area (Å²) in [6, 6.07) is 8.91. The molecular formula is C34H54N4O3. The van der Waals surface area contributed by atoms with Gasteiger partial charge in [0.15, 0.2) is 0 Å². The minimum absolute atomic E-state index is 0.0535. The summed E-state index contributed by atoms with van der Waals surface area (Å²) in [4.78, 5) is 43.1. The van der Waals surface area contributed by atoms with Gasteiger partial charge in [0.05, 0.1) is 0 Å². The molecular weight excluding hydrogens is 512 g/mol. The molecule has 0 spiro atoms. The SMILES string of the molecule is CC[C@@H]1C[C@@H](C(=O)NC(C)CC2CCC2)N(C(=O)C(NC(=O)NC2(Cc3ccccc3)CCCCC2)C(C)(C)C)C1. The van der Waals surface area contributed by atoms with E-state index in [0.29, 0.717) is 18.9 Å². The van der Waals surface area contributed by atoms with Crippen molar-refractivity contribution in [1.82, 2.24) is 20.9 Å². The summed E-state index contributed by atoms with van der Waals surface area (Å²) in [5.41, 5.74) is 0.368. The monoisotopic (exact) mass is 566 g/mol. The van der Waals surface area contributed by atoms with Crippen LogP contribution in [0.4, 0.5) is 4.79 Å². The molecule has 1 aliphatic heterocycles. The highest BCUT2D eigenvalue weighted by atomic mass is 16.2. The molecule has 1 aromatic carbocycles. The summed E-state index contributed by atoms with van der Waals surface area (Å²) < 4.78 is 0. The smallest absolute Gasteiger partial charge is 0.315 e. The van der Waals surface area contributed by atoms with Crippen molar-refractivity contribution >= 4 is 17.8 Å². The van der Waals surface area contributed by atoms with Crippen molar-refractivity contribution in [1.29, 1.82) is 0 Å². The molecule has 0 radical (unpaired) electrons. The molecule has 2 aliphatic carbocycles. The Balaban J connectivity index is 1.46. The lowest BCUT2D eigenvalue weighted by atomic mass is 9.77. The van der Waals surface area contributed by atoms with E-state index in [1.165, 1.54) is 31.2 Å². The van der Waals surface area contributed by atoms with E-state index in [2.05, 4.69) is 41.9 Å². The molecule has 7 heteroatoms.